The summed E-state index contributed by atoms with van der Waals surface area (Å²) < 4.78 is 47.1. The number of nitrogens with zero attached hydrogens (tertiary/aromatic N) is 2. The number of alkyl halides is 3. The van der Waals surface area contributed by atoms with Crippen molar-refractivity contribution in [3.8, 4) is 5.75 Å². The van der Waals surface area contributed by atoms with Crippen LogP contribution < -0.4 is 4.74 Å². The van der Waals surface area contributed by atoms with Crippen LogP contribution in [0.5, 0.6) is 5.75 Å². The van der Waals surface area contributed by atoms with Crippen molar-refractivity contribution in [3.63, 3.8) is 0 Å². The average Bonchev–Trinajstić information content (AvgIpc) is 3.14. The summed E-state index contributed by atoms with van der Waals surface area (Å²) in [5, 5.41) is 8.66. The molecule has 0 N–H and O–H groups in total. The highest BCUT2D eigenvalue weighted by molar-refractivity contribution is 7.21. The van der Waals surface area contributed by atoms with Gasteiger partial charge in [0, 0.05) is 15.8 Å². The Bertz CT molecular complexity index is 1200. The largest absolute Gasteiger partial charge is 0.573 e. The van der Waals surface area contributed by atoms with Crippen LogP contribution in [0.25, 0.3) is 10.1 Å². The van der Waals surface area contributed by atoms with Crippen LogP contribution in [0, 0.1) is 0 Å². The molecule has 0 aliphatic carbocycles. The lowest BCUT2D eigenvalue weighted by Crippen LogP contribution is -2.18. The normalized spacial score (nSPS) is 12.5. The summed E-state index contributed by atoms with van der Waals surface area (Å²) in [4.78, 5) is 23.1. The second-order valence-corrected chi connectivity index (χ2v) is 7.60. The van der Waals surface area contributed by atoms with Crippen LogP contribution in [0.2, 0.25) is 0 Å². The zero-order valence-corrected chi connectivity index (χ0v) is 18.6. The topological polar surface area (TPSA) is 78.7 Å². The molecule has 0 atom stereocenters. The van der Waals surface area contributed by atoms with E-state index in [1.165, 1.54) is 43.8 Å². The second kappa shape index (κ2) is 10.3. The number of carbonyl (C=O) groups excluding carboxylic acids is 1. The van der Waals surface area contributed by atoms with Gasteiger partial charge in [-0.05, 0) is 30.5 Å². The zero-order chi connectivity index (χ0) is 24.0. The molecule has 0 saturated carbocycles. The van der Waals surface area contributed by atoms with Crippen molar-refractivity contribution < 1.29 is 37.1 Å². The monoisotopic (exact) mass is 480 g/mol. The van der Waals surface area contributed by atoms with Gasteiger partial charge in [0.05, 0.1) is 17.7 Å². The lowest BCUT2D eigenvalue weighted by molar-refractivity contribution is -0.274. The number of ether oxygens (including phenoxy) is 2. The van der Waals surface area contributed by atoms with Crippen LogP contribution in [-0.2, 0) is 25.8 Å². The molecule has 0 aliphatic rings. The van der Waals surface area contributed by atoms with Gasteiger partial charge in [-0.25, -0.2) is 4.79 Å². The number of hydrogen-bond donors (Lipinski definition) is 0. The van der Waals surface area contributed by atoms with Crippen molar-refractivity contribution in [1.29, 1.82) is 0 Å². The molecule has 174 valence electrons. The van der Waals surface area contributed by atoms with Gasteiger partial charge in [0.25, 0.3) is 0 Å². The molecule has 0 fully saturated rings. The highest BCUT2D eigenvalue weighted by Crippen LogP contribution is 2.33. The molecule has 7 nitrogen and oxygen atoms in total. The Labute approximate surface area is 191 Å². The minimum atomic E-state index is -4.79. The number of thiophene rings is 1. The minimum Gasteiger partial charge on any atom is -0.464 e. The van der Waals surface area contributed by atoms with Gasteiger partial charge in [-0.1, -0.05) is 40.6 Å². The van der Waals surface area contributed by atoms with Gasteiger partial charge in [0.1, 0.15) is 19.5 Å². The molecular formula is C22H19F3N2O5S. The number of fused-ring (bicyclic) bond motifs is 1. The summed E-state index contributed by atoms with van der Waals surface area (Å²) in [7, 11) is 2.55. The molecule has 0 unspecified atom stereocenters. The number of oxime groups is 2. The summed E-state index contributed by atoms with van der Waals surface area (Å²) in [5.74, 6) is -1.04. The highest BCUT2D eigenvalue weighted by atomic mass is 32.1. The van der Waals surface area contributed by atoms with Crippen molar-refractivity contribution in [1.82, 2.24) is 0 Å². The van der Waals surface area contributed by atoms with Gasteiger partial charge in [-0.3, -0.25) is 0 Å². The first-order valence-corrected chi connectivity index (χ1v) is 10.3. The van der Waals surface area contributed by atoms with Crippen molar-refractivity contribution in [2.24, 2.45) is 10.3 Å². The van der Waals surface area contributed by atoms with E-state index >= 15 is 0 Å². The van der Waals surface area contributed by atoms with Crippen LogP contribution in [0.15, 0.2) is 58.8 Å². The SMILES string of the molecule is CON=C(C(=O)OC)c1sc2ccccc2c1CON=C(C)c1cccc(OC(F)(F)F)c1. The molecule has 3 rings (SSSR count). The molecular weight excluding hydrogens is 461 g/mol. The summed E-state index contributed by atoms with van der Waals surface area (Å²) in [6.45, 7) is 1.56. The van der Waals surface area contributed by atoms with Gasteiger partial charge in [-0.15, -0.1) is 24.5 Å². The maximum atomic E-state index is 12.5. The number of benzene rings is 2. The summed E-state index contributed by atoms with van der Waals surface area (Å²) >= 11 is 1.31. The van der Waals surface area contributed by atoms with E-state index in [-0.39, 0.29) is 18.1 Å². The Balaban J connectivity index is 1.88. The fourth-order valence-electron chi connectivity index (χ4n) is 2.96. The number of hydrogen-bond acceptors (Lipinski definition) is 8. The number of esters is 1. The Hall–Kier alpha value is -3.60. The van der Waals surface area contributed by atoms with Crippen molar-refractivity contribution >= 4 is 38.8 Å². The maximum Gasteiger partial charge on any atom is 0.573 e. The standard InChI is InChI=1S/C22H19F3N2O5S/c1-13(14-7-6-8-15(11-14)32-22(23,24)25)26-31-12-17-16-9-4-5-10-18(16)33-20(17)19(27-30-3)21(28)29-2/h4-11H,12H2,1-3H3. The van der Waals surface area contributed by atoms with E-state index in [4.69, 9.17) is 14.4 Å². The van der Waals surface area contributed by atoms with Gasteiger partial charge < -0.3 is 19.1 Å². The van der Waals surface area contributed by atoms with E-state index in [0.717, 1.165) is 10.1 Å². The fraction of sp³-hybridized carbons (Fsp3) is 0.227. The number of halogens is 3. The van der Waals surface area contributed by atoms with Crippen LogP contribution in [-0.4, -0.2) is 38.0 Å². The predicted molar refractivity (Wildman–Crippen MR) is 118 cm³/mol. The molecule has 3 aromatic rings. The molecule has 1 aromatic heterocycles. The molecule has 2 aromatic carbocycles. The van der Waals surface area contributed by atoms with Crippen molar-refractivity contribution in [2.45, 2.75) is 19.9 Å². The molecule has 0 bridgehead atoms. The van der Waals surface area contributed by atoms with Crippen molar-refractivity contribution in [2.75, 3.05) is 14.2 Å². The van der Waals surface area contributed by atoms with Crippen LogP contribution in [0.1, 0.15) is 22.9 Å². The van der Waals surface area contributed by atoms with E-state index in [1.54, 1.807) is 13.0 Å². The van der Waals surface area contributed by atoms with E-state index in [2.05, 4.69) is 15.0 Å². The number of rotatable bonds is 8. The first-order valence-electron chi connectivity index (χ1n) is 9.46. The van der Waals surface area contributed by atoms with E-state index in [0.29, 0.717) is 21.7 Å². The van der Waals surface area contributed by atoms with E-state index < -0.39 is 12.3 Å². The Morgan fingerprint density at radius 1 is 1.06 bits per heavy atom. The second-order valence-electron chi connectivity index (χ2n) is 6.55. The van der Waals surface area contributed by atoms with Crippen LogP contribution >= 0.6 is 11.3 Å². The Kier molecular flexibility index (Phi) is 7.54. The third-order valence-electron chi connectivity index (χ3n) is 4.37. The number of methoxy groups -OCH3 is 1. The minimum absolute atomic E-state index is 0.0162. The van der Waals surface area contributed by atoms with Gasteiger partial charge in [-0.2, -0.15) is 0 Å². The first kappa shape index (κ1) is 24.1. The molecule has 0 spiro atoms. The quantitative estimate of drug-likeness (QED) is 0.250. The number of carbonyl (C=O) groups is 1. The smallest absolute Gasteiger partial charge is 0.464 e. The summed E-state index contributed by atoms with van der Waals surface area (Å²) in [6.07, 6.45) is -4.79. The Morgan fingerprint density at radius 2 is 1.82 bits per heavy atom. The maximum absolute atomic E-state index is 12.5. The summed E-state index contributed by atoms with van der Waals surface area (Å²) in [6, 6.07) is 12.9. The predicted octanol–water partition coefficient (Wildman–Crippen LogP) is 5.26. The molecule has 0 aliphatic heterocycles. The molecule has 0 radical (unpaired) electrons. The van der Waals surface area contributed by atoms with E-state index in [9.17, 15) is 18.0 Å². The molecule has 33 heavy (non-hydrogen) atoms. The molecule has 0 amide bonds. The van der Waals surface area contributed by atoms with Crippen LogP contribution in [0.4, 0.5) is 13.2 Å². The third-order valence-corrected chi connectivity index (χ3v) is 5.59. The first-order chi connectivity index (χ1) is 15.7. The lowest BCUT2D eigenvalue weighted by Gasteiger charge is -2.10. The van der Waals surface area contributed by atoms with Gasteiger partial charge in [0.2, 0.25) is 5.71 Å². The highest BCUT2D eigenvalue weighted by Gasteiger charge is 2.31. The van der Waals surface area contributed by atoms with Gasteiger partial charge >= 0.3 is 12.3 Å². The van der Waals surface area contributed by atoms with Crippen LogP contribution in [0.3, 0.4) is 0 Å². The van der Waals surface area contributed by atoms with Crippen molar-refractivity contribution in [3.05, 3.63) is 64.5 Å². The van der Waals surface area contributed by atoms with E-state index in [1.807, 2.05) is 24.3 Å². The molecule has 1 heterocycles. The fourth-order valence-corrected chi connectivity index (χ4v) is 4.13. The van der Waals surface area contributed by atoms with Gasteiger partial charge in [0.15, 0.2) is 0 Å². The zero-order valence-electron chi connectivity index (χ0n) is 17.8. The molecule has 0 saturated heterocycles. The average molecular weight is 480 g/mol. The lowest BCUT2D eigenvalue weighted by atomic mass is 10.1. The molecule has 11 heteroatoms. The Morgan fingerprint density at radius 3 is 2.52 bits per heavy atom. The third kappa shape index (κ3) is 6.01. The summed E-state index contributed by atoms with van der Waals surface area (Å²) in [5.41, 5.74) is 1.35.